The Hall–Kier alpha value is -1.84. The molecule has 2 unspecified atom stereocenters. The zero-order valence-electron chi connectivity index (χ0n) is 13.0. The van der Waals surface area contributed by atoms with E-state index < -0.39 is 0 Å². The Morgan fingerprint density at radius 3 is 2.64 bits per heavy atom. The Bertz CT molecular complexity index is 622. The highest BCUT2D eigenvalue weighted by Crippen LogP contribution is 2.42. The largest absolute Gasteiger partial charge is 0.489 e. The lowest BCUT2D eigenvalue weighted by Crippen LogP contribution is -2.53. The first-order chi connectivity index (χ1) is 10.9. The summed E-state index contributed by atoms with van der Waals surface area (Å²) in [6.45, 7) is 2.86. The minimum atomic E-state index is 0.307. The maximum Gasteiger partial charge on any atom is 0.124 e. The van der Waals surface area contributed by atoms with Crippen LogP contribution in [0.4, 0.5) is 0 Å². The molecule has 2 aromatic carbocycles. The standard InChI is InChI=1S/C19H22N2O/c1-20-12-15-10-11-21(15)19-16-7-3-2-6-14(16)13-22-18-9-5-4-8-17(18)19/h2-9,15,19-20H,10-13H2,1H3. The fourth-order valence-corrected chi connectivity index (χ4v) is 3.71. The van der Waals surface area contributed by atoms with Crippen LogP contribution in [0.15, 0.2) is 48.5 Å². The number of benzene rings is 2. The minimum Gasteiger partial charge on any atom is -0.489 e. The Kier molecular flexibility index (Phi) is 3.60. The van der Waals surface area contributed by atoms with E-state index in [9.17, 15) is 0 Å². The van der Waals surface area contributed by atoms with Gasteiger partial charge in [-0.25, -0.2) is 0 Å². The lowest BCUT2D eigenvalue weighted by Gasteiger charge is -2.46. The van der Waals surface area contributed by atoms with Crippen LogP contribution in [-0.4, -0.2) is 31.1 Å². The molecular weight excluding hydrogens is 272 g/mol. The van der Waals surface area contributed by atoms with E-state index in [2.05, 4.69) is 58.7 Å². The predicted molar refractivity (Wildman–Crippen MR) is 88.1 cm³/mol. The molecule has 3 nitrogen and oxygen atoms in total. The van der Waals surface area contributed by atoms with E-state index in [0.29, 0.717) is 18.7 Å². The van der Waals surface area contributed by atoms with Crippen LogP contribution in [0, 0.1) is 0 Å². The van der Waals surface area contributed by atoms with Gasteiger partial charge in [0.25, 0.3) is 0 Å². The van der Waals surface area contributed by atoms with Crippen molar-refractivity contribution in [1.29, 1.82) is 0 Å². The molecule has 22 heavy (non-hydrogen) atoms. The molecule has 114 valence electrons. The minimum absolute atomic E-state index is 0.307. The third-order valence-corrected chi connectivity index (χ3v) is 4.91. The molecule has 2 atom stereocenters. The van der Waals surface area contributed by atoms with Gasteiger partial charge in [-0.15, -0.1) is 0 Å². The summed E-state index contributed by atoms with van der Waals surface area (Å²) in [7, 11) is 2.04. The van der Waals surface area contributed by atoms with Crippen LogP contribution >= 0.6 is 0 Å². The normalized spacial score (nSPS) is 23.7. The average Bonchev–Trinajstić information content (AvgIpc) is 2.70. The number of fused-ring (bicyclic) bond motifs is 2. The lowest BCUT2D eigenvalue weighted by atomic mass is 9.88. The molecule has 0 aromatic heterocycles. The topological polar surface area (TPSA) is 24.5 Å². The van der Waals surface area contributed by atoms with Crippen LogP contribution in [-0.2, 0) is 6.61 Å². The number of likely N-dealkylation sites (tertiary alicyclic amines) is 1. The van der Waals surface area contributed by atoms with Gasteiger partial charge in [0.2, 0.25) is 0 Å². The van der Waals surface area contributed by atoms with Crippen LogP contribution < -0.4 is 10.1 Å². The molecule has 2 aliphatic rings. The molecular formula is C19H22N2O. The Morgan fingerprint density at radius 2 is 1.86 bits per heavy atom. The monoisotopic (exact) mass is 294 g/mol. The van der Waals surface area contributed by atoms with Gasteiger partial charge in [-0.1, -0.05) is 42.5 Å². The van der Waals surface area contributed by atoms with Crippen LogP contribution in [0.1, 0.15) is 29.2 Å². The van der Waals surface area contributed by atoms with E-state index in [1.165, 1.54) is 23.1 Å². The molecule has 0 radical (unpaired) electrons. The zero-order valence-corrected chi connectivity index (χ0v) is 13.0. The highest BCUT2D eigenvalue weighted by Gasteiger charge is 2.38. The Morgan fingerprint density at radius 1 is 1.09 bits per heavy atom. The average molecular weight is 294 g/mol. The van der Waals surface area contributed by atoms with Crippen molar-refractivity contribution in [3.05, 3.63) is 65.2 Å². The molecule has 4 rings (SSSR count). The van der Waals surface area contributed by atoms with Crippen LogP contribution in [0.3, 0.4) is 0 Å². The molecule has 2 heterocycles. The van der Waals surface area contributed by atoms with E-state index in [4.69, 9.17) is 4.74 Å². The zero-order chi connectivity index (χ0) is 14.9. The number of likely N-dealkylation sites (N-methyl/N-ethyl adjacent to an activating group) is 1. The van der Waals surface area contributed by atoms with Crippen LogP contribution in [0.2, 0.25) is 0 Å². The SMILES string of the molecule is CNCC1CCN1C1c2ccccc2COc2ccccc21. The number of nitrogens with zero attached hydrogens (tertiary/aromatic N) is 1. The molecule has 1 fully saturated rings. The van der Waals surface area contributed by atoms with E-state index in [1.54, 1.807) is 0 Å². The molecule has 1 N–H and O–H groups in total. The maximum absolute atomic E-state index is 6.08. The summed E-state index contributed by atoms with van der Waals surface area (Å²) < 4.78 is 6.08. The van der Waals surface area contributed by atoms with Crippen molar-refractivity contribution < 1.29 is 4.74 Å². The first-order valence-electron chi connectivity index (χ1n) is 8.08. The predicted octanol–water partition coefficient (Wildman–Crippen LogP) is 2.96. The van der Waals surface area contributed by atoms with Gasteiger partial charge in [0.15, 0.2) is 0 Å². The Balaban J connectivity index is 1.81. The molecule has 0 spiro atoms. The third kappa shape index (κ3) is 2.21. The number of para-hydroxylation sites is 1. The first kappa shape index (κ1) is 13.8. The summed E-state index contributed by atoms with van der Waals surface area (Å²) in [4.78, 5) is 2.61. The third-order valence-electron chi connectivity index (χ3n) is 4.91. The maximum atomic E-state index is 6.08. The first-order valence-corrected chi connectivity index (χ1v) is 8.08. The summed E-state index contributed by atoms with van der Waals surface area (Å²) in [5.74, 6) is 1.03. The smallest absolute Gasteiger partial charge is 0.124 e. The van der Waals surface area contributed by atoms with Gasteiger partial charge in [0, 0.05) is 24.7 Å². The van der Waals surface area contributed by atoms with Crippen LogP contribution in [0.25, 0.3) is 0 Å². The fourth-order valence-electron chi connectivity index (χ4n) is 3.71. The summed E-state index contributed by atoms with van der Waals surface area (Å²) in [6.07, 6.45) is 1.27. The van der Waals surface area contributed by atoms with Gasteiger partial charge >= 0.3 is 0 Å². The Labute approximate surface area is 131 Å². The number of rotatable bonds is 3. The number of hydrogen-bond donors (Lipinski definition) is 1. The number of hydrogen-bond acceptors (Lipinski definition) is 3. The molecule has 2 aliphatic heterocycles. The van der Waals surface area contributed by atoms with E-state index >= 15 is 0 Å². The highest BCUT2D eigenvalue weighted by molar-refractivity contribution is 5.46. The molecule has 2 aromatic rings. The summed E-state index contributed by atoms with van der Waals surface area (Å²) >= 11 is 0. The van der Waals surface area contributed by atoms with Crippen molar-refractivity contribution in [1.82, 2.24) is 10.2 Å². The fraction of sp³-hybridized carbons (Fsp3) is 0.368. The van der Waals surface area contributed by atoms with Gasteiger partial charge in [-0.05, 0) is 30.7 Å². The number of ether oxygens (including phenoxy) is 1. The molecule has 0 aliphatic carbocycles. The summed E-state index contributed by atoms with van der Waals surface area (Å²) in [5.41, 5.74) is 4.00. The summed E-state index contributed by atoms with van der Waals surface area (Å²) in [6, 6.07) is 18.1. The van der Waals surface area contributed by atoms with Gasteiger partial charge in [0.05, 0.1) is 6.04 Å². The molecule has 3 heteroatoms. The van der Waals surface area contributed by atoms with E-state index in [-0.39, 0.29) is 0 Å². The van der Waals surface area contributed by atoms with Crippen molar-refractivity contribution in [3.8, 4) is 5.75 Å². The van der Waals surface area contributed by atoms with Gasteiger partial charge in [-0.2, -0.15) is 0 Å². The van der Waals surface area contributed by atoms with Crippen molar-refractivity contribution in [2.45, 2.75) is 25.1 Å². The quantitative estimate of drug-likeness (QED) is 0.942. The van der Waals surface area contributed by atoms with Crippen molar-refractivity contribution in [2.24, 2.45) is 0 Å². The number of nitrogens with one attached hydrogen (secondary N) is 1. The second-order valence-electron chi connectivity index (χ2n) is 6.17. The van der Waals surface area contributed by atoms with Gasteiger partial charge in [-0.3, -0.25) is 4.90 Å². The van der Waals surface area contributed by atoms with E-state index in [0.717, 1.165) is 18.8 Å². The van der Waals surface area contributed by atoms with Crippen molar-refractivity contribution in [2.75, 3.05) is 20.1 Å². The second kappa shape index (κ2) is 5.75. The second-order valence-corrected chi connectivity index (χ2v) is 6.17. The highest BCUT2D eigenvalue weighted by atomic mass is 16.5. The summed E-state index contributed by atoms with van der Waals surface area (Å²) in [5, 5.41) is 3.33. The molecule has 1 saturated heterocycles. The van der Waals surface area contributed by atoms with Crippen LogP contribution in [0.5, 0.6) is 5.75 Å². The molecule has 0 bridgehead atoms. The molecule has 0 saturated carbocycles. The van der Waals surface area contributed by atoms with Gasteiger partial charge < -0.3 is 10.1 Å². The van der Waals surface area contributed by atoms with E-state index in [1.807, 2.05) is 7.05 Å². The van der Waals surface area contributed by atoms with Crippen molar-refractivity contribution in [3.63, 3.8) is 0 Å². The van der Waals surface area contributed by atoms with Gasteiger partial charge in [0.1, 0.15) is 12.4 Å². The van der Waals surface area contributed by atoms with Crippen molar-refractivity contribution >= 4 is 0 Å². The molecule has 0 amide bonds. The lowest BCUT2D eigenvalue weighted by molar-refractivity contribution is 0.0582.